The Balaban J connectivity index is 0.00000576. The third-order valence-corrected chi connectivity index (χ3v) is 5.00. The Hall–Kier alpha value is -0.480. The summed E-state index contributed by atoms with van der Waals surface area (Å²) in [6.45, 7) is 4.30. The highest BCUT2D eigenvalue weighted by atomic mass is 127. The molecule has 2 amide bonds. The first-order valence-corrected chi connectivity index (χ1v) is 9.95. The second-order valence-corrected chi connectivity index (χ2v) is 7.44. The molecule has 0 aliphatic heterocycles. The van der Waals surface area contributed by atoms with Crippen molar-refractivity contribution < 1.29 is 15.0 Å². The molecule has 0 aliphatic rings. The number of nitrogens with one attached hydrogen (secondary N) is 1. The number of benzene rings is 1. The zero-order chi connectivity index (χ0) is 18.1. The van der Waals surface area contributed by atoms with Gasteiger partial charge in [0.15, 0.2) is 0 Å². The minimum atomic E-state index is -0.0752. The Morgan fingerprint density at radius 3 is 2.36 bits per heavy atom. The van der Waals surface area contributed by atoms with Gasteiger partial charge in [-0.25, -0.2) is 4.79 Å². The Morgan fingerprint density at radius 1 is 1.24 bits per heavy atom. The molecule has 25 heavy (non-hydrogen) atoms. The lowest BCUT2D eigenvalue weighted by Gasteiger charge is -2.28. The summed E-state index contributed by atoms with van der Waals surface area (Å²) in [5.41, 5.74) is 0. The van der Waals surface area contributed by atoms with Gasteiger partial charge in [0.25, 0.3) is 0 Å². The number of ether oxygens (including phenoxy) is 1. The van der Waals surface area contributed by atoms with E-state index in [1.54, 1.807) is 23.1 Å². The number of halogens is 3. The van der Waals surface area contributed by atoms with Crippen molar-refractivity contribution in [2.24, 2.45) is 0 Å². The van der Waals surface area contributed by atoms with Crippen molar-refractivity contribution >= 4 is 51.8 Å². The van der Waals surface area contributed by atoms with Crippen molar-refractivity contribution in [1.82, 2.24) is 15.1 Å². The maximum absolute atomic E-state index is 12.4. The first kappa shape index (κ1) is 24.5. The molecule has 1 rings (SSSR count). The third-order valence-electron chi connectivity index (χ3n) is 3.29. The van der Waals surface area contributed by atoms with Gasteiger partial charge in [-0.1, -0.05) is 45.8 Å². The van der Waals surface area contributed by atoms with E-state index in [0.29, 0.717) is 35.5 Å². The van der Waals surface area contributed by atoms with Crippen LogP contribution in [-0.4, -0.2) is 72.1 Å². The van der Waals surface area contributed by atoms with Crippen molar-refractivity contribution in [3.8, 4) is 5.75 Å². The molecule has 0 spiro atoms. The van der Waals surface area contributed by atoms with Gasteiger partial charge in [0.2, 0.25) is 0 Å². The van der Waals surface area contributed by atoms with E-state index in [-0.39, 0.29) is 17.5 Å². The number of alkyl halides is 1. The lowest BCUT2D eigenvalue weighted by atomic mass is 10.3. The standard InChI is InChI=1S/C16H24Cl2IN3O2.H2O/c1-12(11-19)22(16(23)20-4-5-21(2)3)6-7-24-15-9-13(17)8-14(18)10-15;/h8-10,12H,4-7,11H2,1-3H3,(H,20,23);1H2. The number of amides is 2. The van der Waals surface area contributed by atoms with E-state index in [1.807, 2.05) is 25.9 Å². The molecule has 0 saturated heterocycles. The zero-order valence-electron chi connectivity index (χ0n) is 14.7. The fourth-order valence-electron chi connectivity index (χ4n) is 1.97. The summed E-state index contributed by atoms with van der Waals surface area (Å²) >= 11 is 14.2. The average molecular weight is 506 g/mol. The van der Waals surface area contributed by atoms with Gasteiger partial charge in [-0.05, 0) is 39.2 Å². The Labute approximate surface area is 173 Å². The van der Waals surface area contributed by atoms with Gasteiger partial charge < -0.3 is 25.3 Å². The molecule has 0 aliphatic carbocycles. The van der Waals surface area contributed by atoms with Crippen molar-refractivity contribution in [2.75, 3.05) is 44.8 Å². The van der Waals surface area contributed by atoms with Crippen LogP contribution in [0.2, 0.25) is 10.0 Å². The van der Waals surface area contributed by atoms with Crippen molar-refractivity contribution in [3.05, 3.63) is 28.2 Å². The molecule has 0 radical (unpaired) electrons. The van der Waals surface area contributed by atoms with Crippen LogP contribution in [0.15, 0.2) is 18.2 Å². The molecule has 1 atom stereocenters. The Kier molecular flexibility index (Phi) is 12.6. The molecule has 6 nitrogen and oxygen atoms in total. The molecular weight excluding hydrogens is 480 g/mol. The first-order chi connectivity index (χ1) is 11.3. The van der Waals surface area contributed by atoms with Crippen LogP contribution in [0, 0.1) is 0 Å². The first-order valence-electron chi connectivity index (χ1n) is 7.67. The second kappa shape index (κ2) is 12.8. The number of carbonyl (C=O) groups excluding carboxylic acids is 1. The van der Waals surface area contributed by atoms with Crippen LogP contribution in [0.5, 0.6) is 5.75 Å². The monoisotopic (exact) mass is 505 g/mol. The molecule has 0 aromatic heterocycles. The highest BCUT2D eigenvalue weighted by Gasteiger charge is 2.19. The highest BCUT2D eigenvalue weighted by molar-refractivity contribution is 14.1. The van der Waals surface area contributed by atoms with E-state index in [2.05, 4.69) is 27.9 Å². The number of rotatable bonds is 9. The van der Waals surface area contributed by atoms with Gasteiger partial charge in [-0.2, -0.15) is 0 Å². The quantitative estimate of drug-likeness (QED) is 0.414. The predicted octanol–water partition coefficient (Wildman–Crippen LogP) is 2.94. The van der Waals surface area contributed by atoms with Crippen molar-refractivity contribution in [2.45, 2.75) is 13.0 Å². The number of hydrogen-bond donors (Lipinski definition) is 1. The Bertz CT molecular complexity index is 515. The van der Waals surface area contributed by atoms with Crippen LogP contribution >= 0.6 is 45.8 Å². The lowest BCUT2D eigenvalue weighted by Crippen LogP contribution is -2.48. The van der Waals surface area contributed by atoms with Crippen LogP contribution in [0.25, 0.3) is 0 Å². The van der Waals surface area contributed by atoms with Gasteiger partial charge in [-0.3, -0.25) is 0 Å². The molecule has 1 aromatic carbocycles. The molecular formula is C16H26Cl2IN3O3. The van der Waals surface area contributed by atoms with E-state index < -0.39 is 0 Å². The SMILES string of the molecule is CC(CI)N(CCOc1cc(Cl)cc(Cl)c1)C(=O)NCCN(C)C.O. The molecule has 144 valence electrons. The molecule has 0 saturated carbocycles. The van der Waals surface area contributed by atoms with E-state index in [4.69, 9.17) is 27.9 Å². The number of carbonyl (C=O) groups is 1. The minimum Gasteiger partial charge on any atom is -0.492 e. The summed E-state index contributed by atoms with van der Waals surface area (Å²) in [6.07, 6.45) is 0. The van der Waals surface area contributed by atoms with E-state index in [0.717, 1.165) is 11.0 Å². The van der Waals surface area contributed by atoms with Crippen LogP contribution < -0.4 is 10.1 Å². The van der Waals surface area contributed by atoms with E-state index in [9.17, 15) is 4.79 Å². The summed E-state index contributed by atoms with van der Waals surface area (Å²) in [5, 5.41) is 3.99. The van der Waals surface area contributed by atoms with E-state index in [1.165, 1.54) is 0 Å². The van der Waals surface area contributed by atoms with Gasteiger partial charge in [-0.15, -0.1) is 0 Å². The topological polar surface area (TPSA) is 76.3 Å². The van der Waals surface area contributed by atoms with Crippen molar-refractivity contribution in [3.63, 3.8) is 0 Å². The molecule has 1 unspecified atom stereocenters. The third kappa shape index (κ3) is 9.69. The normalized spacial score (nSPS) is 11.6. The largest absolute Gasteiger partial charge is 0.492 e. The molecule has 1 aromatic rings. The number of likely N-dealkylation sites (N-methyl/N-ethyl adjacent to an activating group) is 1. The zero-order valence-corrected chi connectivity index (χ0v) is 18.4. The smallest absolute Gasteiger partial charge is 0.317 e. The van der Waals surface area contributed by atoms with Crippen LogP contribution in [0.3, 0.4) is 0 Å². The second-order valence-electron chi connectivity index (χ2n) is 5.69. The highest BCUT2D eigenvalue weighted by Crippen LogP contribution is 2.24. The number of urea groups is 1. The maximum Gasteiger partial charge on any atom is 0.317 e. The maximum atomic E-state index is 12.4. The number of hydrogen-bond acceptors (Lipinski definition) is 3. The molecule has 0 bridgehead atoms. The Morgan fingerprint density at radius 2 is 1.84 bits per heavy atom. The van der Waals surface area contributed by atoms with Gasteiger partial charge in [0.1, 0.15) is 12.4 Å². The summed E-state index contributed by atoms with van der Waals surface area (Å²) in [7, 11) is 3.95. The van der Waals surface area contributed by atoms with Gasteiger partial charge in [0.05, 0.1) is 6.54 Å². The summed E-state index contributed by atoms with van der Waals surface area (Å²) in [4.78, 5) is 16.2. The summed E-state index contributed by atoms with van der Waals surface area (Å²) < 4.78 is 6.53. The summed E-state index contributed by atoms with van der Waals surface area (Å²) in [6, 6.07) is 5.11. The van der Waals surface area contributed by atoms with Crippen molar-refractivity contribution in [1.29, 1.82) is 0 Å². The molecule has 3 N–H and O–H groups in total. The lowest BCUT2D eigenvalue weighted by molar-refractivity contribution is 0.167. The van der Waals surface area contributed by atoms with Gasteiger partial charge >= 0.3 is 6.03 Å². The average Bonchev–Trinajstić information content (AvgIpc) is 2.49. The van der Waals surface area contributed by atoms with Crippen LogP contribution in [0.1, 0.15) is 6.92 Å². The fraction of sp³-hybridized carbons (Fsp3) is 0.562. The summed E-state index contributed by atoms with van der Waals surface area (Å²) in [5.74, 6) is 0.600. The number of nitrogens with zero attached hydrogens (tertiary/aromatic N) is 2. The molecule has 9 heteroatoms. The molecule has 0 heterocycles. The van der Waals surface area contributed by atoms with Crippen LogP contribution in [-0.2, 0) is 0 Å². The molecule has 0 fully saturated rings. The van der Waals surface area contributed by atoms with Crippen LogP contribution in [0.4, 0.5) is 4.79 Å². The van der Waals surface area contributed by atoms with E-state index >= 15 is 0 Å². The fourth-order valence-corrected chi connectivity index (χ4v) is 2.95. The minimum absolute atomic E-state index is 0. The van der Waals surface area contributed by atoms with Gasteiger partial charge in [0, 0.05) is 33.6 Å². The predicted molar refractivity (Wildman–Crippen MR) is 113 cm³/mol.